The average Bonchev–Trinajstić information content (AvgIpc) is 3.58. The summed E-state index contributed by atoms with van der Waals surface area (Å²) >= 11 is 6.30. The Morgan fingerprint density at radius 1 is 0.847 bits per heavy atom. The van der Waals surface area contributed by atoms with E-state index in [1.54, 1.807) is 37.1 Å². The predicted octanol–water partition coefficient (Wildman–Crippen LogP) is 6.32. The fraction of sp³-hybridized carbons (Fsp3) is 0.326. The van der Waals surface area contributed by atoms with Gasteiger partial charge in [0.05, 0.1) is 32.8 Å². The van der Waals surface area contributed by atoms with E-state index in [1.165, 1.54) is 10.5 Å². The van der Waals surface area contributed by atoms with Crippen LogP contribution in [0.2, 0.25) is 0 Å². The molecule has 2 aliphatic heterocycles. The number of carbonyl (C=O) groups is 5. The van der Waals surface area contributed by atoms with Gasteiger partial charge in [0.1, 0.15) is 24.5 Å². The molecule has 0 radical (unpaired) electrons. The van der Waals surface area contributed by atoms with Crippen molar-refractivity contribution >= 4 is 58.0 Å². The lowest BCUT2D eigenvalue weighted by Crippen LogP contribution is -2.52. The summed E-state index contributed by atoms with van der Waals surface area (Å²) in [5.41, 5.74) is 7.09. The summed E-state index contributed by atoms with van der Waals surface area (Å²) in [4.78, 5) is 65.8. The van der Waals surface area contributed by atoms with Gasteiger partial charge in [0, 0.05) is 42.7 Å². The molecule has 0 aromatic heterocycles. The van der Waals surface area contributed by atoms with Crippen molar-refractivity contribution in [3.63, 3.8) is 0 Å². The third-order valence-electron chi connectivity index (χ3n) is 10.3. The quantitative estimate of drug-likeness (QED) is 0.0484. The smallest absolute Gasteiger partial charge is 0.255 e. The third-order valence-corrected chi connectivity index (χ3v) is 10.5. The number of carbonyl (C=O) groups excluding carboxylic acids is 5. The molecule has 2 unspecified atom stereocenters. The number of likely N-dealkylation sites (N-methyl/N-ethyl adjacent to an activating group) is 1. The van der Waals surface area contributed by atoms with Gasteiger partial charge in [0.2, 0.25) is 17.7 Å². The van der Waals surface area contributed by atoms with Crippen LogP contribution in [0.25, 0.3) is 11.1 Å². The number of alkyl halides is 1. The van der Waals surface area contributed by atoms with Crippen LogP contribution in [0.1, 0.15) is 65.2 Å². The van der Waals surface area contributed by atoms with Gasteiger partial charge < -0.3 is 29.3 Å². The molecule has 0 spiro atoms. The zero-order valence-corrected chi connectivity index (χ0v) is 34.0. The Morgan fingerprint density at radius 3 is 2.24 bits per heavy atom. The van der Waals surface area contributed by atoms with E-state index >= 15 is 0 Å². The molecule has 2 heterocycles. The van der Waals surface area contributed by atoms with E-state index in [0.717, 1.165) is 22.3 Å². The molecule has 0 saturated carbocycles. The summed E-state index contributed by atoms with van der Waals surface area (Å²) in [6.45, 7) is 2.95. The number of ether oxygens (including phenoxy) is 3. The second-order valence-electron chi connectivity index (χ2n) is 14.3. The van der Waals surface area contributed by atoms with Crippen LogP contribution in [0, 0.1) is 0 Å². The predicted molar refractivity (Wildman–Crippen MR) is 226 cm³/mol. The van der Waals surface area contributed by atoms with Crippen LogP contribution in [0.5, 0.6) is 5.75 Å². The van der Waals surface area contributed by atoms with Crippen LogP contribution in [-0.2, 0) is 35.2 Å². The van der Waals surface area contributed by atoms with Gasteiger partial charge in [-0.15, -0.1) is 11.6 Å². The molecule has 1 saturated heterocycles. The molecule has 2 atom stereocenters. The van der Waals surface area contributed by atoms with Crippen molar-refractivity contribution in [1.29, 1.82) is 0 Å². The van der Waals surface area contributed by atoms with E-state index in [-0.39, 0.29) is 69.3 Å². The largest absolute Gasteiger partial charge is 0.492 e. The molecule has 59 heavy (non-hydrogen) atoms. The SMILES string of the molecule is CC(OCCOCCC(=O)Nc1cccc2c1CN(C1CCC(=O)NC1=O)C2=O)C(=O)N(C)CCOc1ccc(/C(=C(/CCCl)c2ccccc2)c2ccccc2)cc1. The zero-order chi connectivity index (χ0) is 41.7. The van der Waals surface area contributed by atoms with E-state index in [9.17, 15) is 24.0 Å². The minimum Gasteiger partial charge on any atom is -0.492 e. The van der Waals surface area contributed by atoms with Gasteiger partial charge in [-0.2, -0.15) is 0 Å². The number of piperidine rings is 1. The summed E-state index contributed by atoms with van der Waals surface area (Å²) in [6.07, 6.45) is 0.478. The Hall–Kier alpha value is -5.82. The number of rotatable bonds is 19. The number of nitrogens with zero attached hydrogens (tertiary/aromatic N) is 2. The maximum atomic E-state index is 13.1. The lowest BCUT2D eigenvalue weighted by Gasteiger charge is -2.29. The molecule has 5 amide bonds. The second kappa shape index (κ2) is 20.7. The highest BCUT2D eigenvalue weighted by molar-refractivity contribution is 6.18. The maximum Gasteiger partial charge on any atom is 0.255 e. The topological polar surface area (TPSA) is 144 Å². The molecule has 2 N–H and O–H groups in total. The molecule has 6 rings (SSSR count). The van der Waals surface area contributed by atoms with E-state index in [2.05, 4.69) is 34.9 Å². The fourth-order valence-electron chi connectivity index (χ4n) is 7.24. The van der Waals surface area contributed by atoms with Crippen LogP contribution in [0.4, 0.5) is 5.69 Å². The first-order valence-corrected chi connectivity index (χ1v) is 20.3. The molecule has 0 bridgehead atoms. The number of hydrogen-bond donors (Lipinski definition) is 2. The Kier molecular flexibility index (Phi) is 15.0. The number of benzene rings is 4. The van der Waals surface area contributed by atoms with E-state index in [1.807, 2.05) is 60.7 Å². The second-order valence-corrected chi connectivity index (χ2v) is 14.7. The fourth-order valence-corrected chi connectivity index (χ4v) is 7.43. The van der Waals surface area contributed by atoms with Gasteiger partial charge in [-0.1, -0.05) is 78.9 Å². The maximum absolute atomic E-state index is 13.1. The third kappa shape index (κ3) is 11.0. The van der Waals surface area contributed by atoms with Crippen LogP contribution in [0.15, 0.2) is 103 Å². The lowest BCUT2D eigenvalue weighted by molar-refractivity contribution is -0.142. The Bertz CT molecular complexity index is 2150. The molecule has 12 nitrogen and oxygen atoms in total. The monoisotopic (exact) mass is 820 g/mol. The van der Waals surface area contributed by atoms with Crippen molar-refractivity contribution in [3.05, 3.63) is 131 Å². The average molecular weight is 821 g/mol. The first kappa shape index (κ1) is 42.8. The molecule has 4 aromatic carbocycles. The van der Waals surface area contributed by atoms with Gasteiger partial charge >= 0.3 is 0 Å². The Labute approximate surface area is 349 Å². The molecular formula is C46H49ClN4O8. The first-order chi connectivity index (χ1) is 28.6. The van der Waals surface area contributed by atoms with E-state index in [0.29, 0.717) is 48.0 Å². The van der Waals surface area contributed by atoms with Gasteiger partial charge in [0.15, 0.2) is 0 Å². The minimum absolute atomic E-state index is 0.0576. The van der Waals surface area contributed by atoms with Gasteiger partial charge in [-0.25, -0.2) is 0 Å². The van der Waals surface area contributed by atoms with Crippen LogP contribution in [0.3, 0.4) is 0 Å². The van der Waals surface area contributed by atoms with E-state index in [4.69, 9.17) is 25.8 Å². The van der Waals surface area contributed by atoms with Crippen molar-refractivity contribution in [2.24, 2.45) is 0 Å². The van der Waals surface area contributed by atoms with Gasteiger partial charge in [0.25, 0.3) is 11.8 Å². The van der Waals surface area contributed by atoms with Crippen molar-refractivity contribution in [1.82, 2.24) is 15.1 Å². The van der Waals surface area contributed by atoms with Crippen molar-refractivity contribution in [3.8, 4) is 5.75 Å². The molecule has 4 aromatic rings. The van der Waals surface area contributed by atoms with Crippen molar-refractivity contribution < 1.29 is 38.2 Å². The molecule has 1 fully saturated rings. The number of imide groups is 1. The first-order valence-electron chi connectivity index (χ1n) is 19.8. The summed E-state index contributed by atoms with van der Waals surface area (Å²) in [7, 11) is 1.70. The summed E-state index contributed by atoms with van der Waals surface area (Å²) in [6, 6.07) is 32.8. The van der Waals surface area contributed by atoms with Gasteiger partial charge in [-0.05, 0) is 71.9 Å². The number of allylic oxidation sites excluding steroid dienone is 1. The van der Waals surface area contributed by atoms with E-state index < -0.39 is 18.1 Å². The van der Waals surface area contributed by atoms with Crippen molar-refractivity contribution in [2.45, 2.75) is 51.3 Å². The lowest BCUT2D eigenvalue weighted by atomic mass is 9.88. The molecule has 13 heteroatoms. The van der Waals surface area contributed by atoms with Crippen molar-refractivity contribution in [2.75, 3.05) is 51.2 Å². The van der Waals surface area contributed by atoms with Crippen LogP contribution in [-0.4, -0.2) is 97.4 Å². The standard InChI is InChI=1S/C46H49ClN4O8/c1-31(58-29-28-57-26-23-42(53)48-39-15-9-14-37-38(39)30-51(46(37)56)40-20-21-41(52)49-44(40)54)45(55)50(2)25-27-59-35-18-16-34(17-19-35)43(33-12-7-4-8-13-33)36(22-24-47)32-10-5-3-6-11-32/h3-19,31,40H,20-30H2,1-2H3,(H,48,53)(H,49,52,54)/b43-36-. The summed E-state index contributed by atoms with van der Waals surface area (Å²) < 4.78 is 17.3. The Morgan fingerprint density at radius 2 is 1.54 bits per heavy atom. The number of hydrogen-bond acceptors (Lipinski definition) is 8. The summed E-state index contributed by atoms with van der Waals surface area (Å²) in [5.74, 6) is -0.477. The summed E-state index contributed by atoms with van der Waals surface area (Å²) in [5, 5.41) is 5.14. The molecule has 0 aliphatic carbocycles. The van der Waals surface area contributed by atoms with Crippen LogP contribution < -0.4 is 15.4 Å². The number of fused-ring (bicyclic) bond motifs is 1. The molecular weight excluding hydrogens is 772 g/mol. The number of amides is 5. The number of nitrogens with one attached hydrogen (secondary N) is 2. The number of anilines is 1. The highest BCUT2D eigenvalue weighted by atomic mass is 35.5. The van der Waals surface area contributed by atoms with Crippen LogP contribution >= 0.6 is 11.6 Å². The number of halogens is 1. The van der Waals surface area contributed by atoms with Gasteiger partial charge in [-0.3, -0.25) is 29.3 Å². The highest BCUT2D eigenvalue weighted by Crippen LogP contribution is 2.36. The Balaban J connectivity index is 0.903. The zero-order valence-electron chi connectivity index (χ0n) is 33.3. The normalized spacial score (nSPS) is 15.9. The highest BCUT2D eigenvalue weighted by Gasteiger charge is 2.40. The molecule has 308 valence electrons. The minimum atomic E-state index is -0.742. The molecule has 2 aliphatic rings.